The molecule has 154 valence electrons. The van der Waals surface area contributed by atoms with Gasteiger partial charge >= 0.3 is 0 Å². The highest BCUT2D eigenvalue weighted by molar-refractivity contribution is 7.89. The Morgan fingerprint density at radius 3 is 2.38 bits per heavy atom. The van der Waals surface area contributed by atoms with Crippen molar-refractivity contribution in [3.05, 3.63) is 35.8 Å². The van der Waals surface area contributed by atoms with Gasteiger partial charge in [-0.05, 0) is 37.8 Å². The lowest BCUT2D eigenvalue weighted by atomic mass is 10.0. The van der Waals surface area contributed by atoms with Crippen molar-refractivity contribution in [3.63, 3.8) is 0 Å². The second-order valence-corrected chi connectivity index (χ2v) is 9.90. The van der Waals surface area contributed by atoms with Crippen LogP contribution in [0.15, 0.2) is 29.4 Å². The van der Waals surface area contributed by atoms with Crippen molar-refractivity contribution in [1.82, 2.24) is 14.3 Å². The van der Waals surface area contributed by atoms with Crippen molar-refractivity contribution >= 4 is 15.8 Å². The zero-order valence-corrected chi connectivity index (χ0v) is 17.4. The quantitative estimate of drug-likeness (QED) is 0.752. The number of fused-ring (bicyclic) bond motifs is 2. The van der Waals surface area contributed by atoms with Crippen molar-refractivity contribution in [2.24, 2.45) is 11.8 Å². The van der Waals surface area contributed by atoms with Gasteiger partial charge in [0.05, 0.1) is 4.90 Å². The lowest BCUT2D eigenvalue weighted by molar-refractivity contribution is 0.171. The molecule has 4 heterocycles. The monoisotopic (exact) mass is 416 g/mol. The van der Waals surface area contributed by atoms with Crippen molar-refractivity contribution in [3.8, 4) is 11.5 Å². The van der Waals surface area contributed by atoms with Crippen molar-refractivity contribution < 1.29 is 17.9 Å². The second-order valence-electron chi connectivity index (χ2n) is 7.96. The molecule has 0 amide bonds. The molecule has 2 saturated heterocycles. The molecule has 3 aliphatic rings. The maximum Gasteiger partial charge on any atom is 0.243 e. The number of sulfonamides is 1. The topological polar surface area (TPSA) is 84.9 Å². The van der Waals surface area contributed by atoms with Gasteiger partial charge in [-0.1, -0.05) is 0 Å². The Hall–Kier alpha value is -2.39. The second kappa shape index (κ2) is 6.84. The number of nitrogens with zero attached hydrogens (tertiary/aromatic N) is 4. The van der Waals surface area contributed by atoms with Gasteiger partial charge in [-0.3, -0.25) is 0 Å². The van der Waals surface area contributed by atoms with Crippen molar-refractivity contribution in [2.75, 3.05) is 44.3 Å². The van der Waals surface area contributed by atoms with Crippen LogP contribution in [0.4, 0.5) is 5.82 Å². The first-order valence-electron chi connectivity index (χ1n) is 9.86. The summed E-state index contributed by atoms with van der Waals surface area (Å²) in [6.45, 7) is 7.63. The Morgan fingerprint density at radius 1 is 0.966 bits per heavy atom. The molecular formula is C20H24N4O4S. The average Bonchev–Trinajstić information content (AvgIpc) is 3.29. The molecule has 2 unspecified atom stereocenters. The number of ether oxygens (including phenoxy) is 2. The third-order valence-corrected chi connectivity index (χ3v) is 8.04. The highest BCUT2D eigenvalue weighted by atomic mass is 32.2. The van der Waals surface area contributed by atoms with Gasteiger partial charge in [0.15, 0.2) is 11.5 Å². The van der Waals surface area contributed by atoms with Gasteiger partial charge in [0.1, 0.15) is 25.4 Å². The summed E-state index contributed by atoms with van der Waals surface area (Å²) in [5, 5.41) is 0. The van der Waals surface area contributed by atoms with Crippen molar-refractivity contribution in [1.29, 1.82) is 0 Å². The third kappa shape index (κ3) is 3.12. The fourth-order valence-corrected chi connectivity index (χ4v) is 6.07. The number of aromatic nitrogens is 2. The van der Waals surface area contributed by atoms with E-state index in [9.17, 15) is 8.42 Å². The maximum atomic E-state index is 13.2. The fraction of sp³-hybridized carbons (Fsp3) is 0.500. The Bertz CT molecular complexity index is 1040. The van der Waals surface area contributed by atoms with E-state index >= 15 is 0 Å². The molecule has 2 aromatic rings. The molecule has 0 radical (unpaired) electrons. The zero-order valence-electron chi connectivity index (χ0n) is 16.5. The fourth-order valence-electron chi connectivity index (χ4n) is 4.50. The van der Waals surface area contributed by atoms with E-state index < -0.39 is 10.0 Å². The largest absolute Gasteiger partial charge is 0.486 e. The Morgan fingerprint density at radius 2 is 1.66 bits per heavy atom. The molecular weight excluding hydrogens is 392 g/mol. The van der Waals surface area contributed by atoms with Gasteiger partial charge in [0.25, 0.3) is 0 Å². The van der Waals surface area contributed by atoms with E-state index in [0.29, 0.717) is 49.6 Å². The summed E-state index contributed by atoms with van der Waals surface area (Å²) in [7, 11) is -3.56. The number of hydrogen-bond donors (Lipinski definition) is 0. The molecule has 0 aliphatic carbocycles. The van der Waals surface area contributed by atoms with E-state index in [4.69, 9.17) is 9.47 Å². The van der Waals surface area contributed by atoms with Gasteiger partial charge in [-0.25, -0.2) is 18.4 Å². The molecule has 0 saturated carbocycles. The molecule has 3 aliphatic heterocycles. The van der Waals surface area contributed by atoms with Crippen LogP contribution in [0.2, 0.25) is 0 Å². The van der Waals surface area contributed by atoms with E-state index in [2.05, 4.69) is 14.9 Å². The third-order valence-electron chi connectivity index (χ3n) is 6.21. The van der Waals surface area contributed by atoms with E-state index in [1.165, 1.54) is 0 Å². The number of anilines is 1. The van der Waals surface area contributed by atoms with E-state index in [0.717, 1.165) is 30.2 Å². The Balaban J connectivity index is 1.33. The van der Waals surface area contributed by atoms with Gasteiger partial charge in [0, 0.05) is 43.5 Å². The summed E-state index contributed by atoms with van der Waals surface area (Å²) in [5.74, 6) is 2.67. The molecule has 0 spiro atoms. The minimum absolute atomic E-state index is 0.265. The van der Waals surface area contributed by atoms with E-state index in [-0.39, 0.29) is 4.90 Å². The van der Waals surface area contributed by atoms with Gasteiger partial charge < -0.3 is 14.4 Å². The van der Waals surface area contributed by atoms with Gasteiger partial charge in [-0.2, -0.15) is 4.31 Å². The van der Waals surface area contributed by atoms with Crippen LogP contribution in [0.3, 0.4) is 0 Å². The molecule has 2 fully saturated rings. The highest BCUT2D eigenvalue weighted by Crippen LogP contribution is 2.38. The lowest BCUT2D eigenvalue weighted by Gasteiger charge is -2.24. The summed E-state index contributed by atoms with van der Waals surface area (Å²) in [4.78, 5) is 11.2. The Kier molecular flexibility index (Phi) is 4.40. The highest BCUT2D eigenvalue weighted by Gasteiger charge is 2.45. The molecule has 0 N–H and O–H groups in total. The van der Waals surface area contributed by atoms with E-state index in [1.54, 1.807) is 28.8 Å². The Labute approximate surface area is 170 Å². The van der Waals surface area contributed by atoms with Crippen LogP contribution in [-0.2, 0) is 10.0 Å². The van der Waals surface area contributed by atoms with Crippen LogP contribution in [0.25, 0.3) is 0 Å². The molecule has 5 rings (SSSR count). The summed E-state index contributed by atoms with van der Waals surface area (Å²) in [6.07, 6.45) is 1.60. The first-order valence-corrected chi connectivity index (χ1v) is 11.3. The number of benzene rings is 1. The first-order chi connectivity index (χ1) is 13.9. The predicted octanol–water partition coefficient (Wildman–Crippen LogP) is 1.62. The average molecular weight is 417 g/mol. The molecule has 0 bridgehead atoms. The summed E-state index contributed by atoms with van der Waals surface area (Å²) < 4.78 is 39.1. The van der Waals surface area contributed by atoms with Crippen LogP contribution in [0.1, 0.15) is 11.3 Å². The van der Waals surface area contributed by atoms with Crippen LogP contribution in [-0.4, -0.2) is 62.1 Å². The molecule has 1 aromatic heterocycles. The number of hydrogen-bond acceptors (Lipinski definition) is 7. The van der Waals surface area contributed by atoms with Gasteiger partial charge in [-0.15, -0.1) is 0 Å². The van der Waals surface area contributed by atoms with E-state index in [1.807, 2.05) is 13.8 Å². The zero-order chi connectivity index (χ0) is 20.2. The number of aryl methyl sites for hydroxylation is 1. The van der Waals surface area contributed by atoms with Crippen LogP contribution < -0.4 is 14.4 Å². The number of rotatable bonds is 3. The SMILES string of the molecule is Cc1ncnc(N2CC3CN(S(=O)(=O)c4ccc5c(c4)OCCO5)CC3C2)c1C. The van der Waals surface area contributed by atoms with Gasteiger partial charge in [0.2, 0.25) is 10.0 Å². The van der Waals surface area contributed by atoms with Crippen molar-refractivity contribution in [2.45, 2.75) is 18.7 Å². The van der Waals surface area contributed by atoms with Crippen LogP contribution >= 0.6 is 0 Å². The molecule has 1 aromatic carbocycles. The standard InChI is InChI=1S/C20H24N4O4S/c1-13-14(2)21-12-22-20(13)23-8-15-10-24(11-16(15)9-23)29(25,26)17-3-4-18-19(7-17)28-6-5-27-18/h3-4,7,12,15-16H,5-6,8-11H2,1-2H3. The molecule has 2 atom stereocenters. The summed E-state index contributed by atoms with van der Waals surface area (Å²) >= 11 is 0. The minimum atomic E-state index is -3.56. The summed E-state index contributed by atoms with van der Waals surface area (Å²) in [5.41, 5.74) is 2.07. The molecule has 29 heavy (non-hydrogen) atoms. The maximum absolute atomic E-state index is 13.2. The predicted molar refractivity (Wildman–Crippen MR) is 107 cm³/mol. The first kappa shape index (κ1) is 18.6. The molecule has 8 nitrogen and oxygen atoms in total. The normalized spacial score (nSPS) is 24.0. The smallest absolute Gasteiger partial charge is 0.243 e. The molecule has 9 heteroatoms. The minimum Gasteiger partial charge on any atom is -0.486 e. The lowest BCUT2D eigenvalue weighted by Crippen LogP contribution is -2.34. The van der Waals surface area contributed by atoms with Crippen LogP contribution in [0.5, 0.6) is 11.5 Å². The van der Waals surface area contributed by atoms with Crippen LogP contribution in [0, 0.1) is 25.7 Å². The summed E-state index contributed by atoms with van der Waals surface area (Å²) in [6, 6.07) is 4.87.